The molecule has 1 aromatic carbocycles. The number of fused-ring (bicyclic) bond motifs is 1. The number of aryl methyl sites for hydroxylation is 1. The van der Waals surface area contributed by atoms with Crippen LogP contribution in [0, 0.1) is 11.7 Å². The van der Waals surface area contributed by atoms with Gasteiger partial charge in [0.05, 0.1) is 5.69 Å². The quantitative estimate of drug-likeness (QED) is 0.800. The number of halogens is 1. The maximum Gasteiger partial charge on any atom is 0.306 e. The van der Waals surface area contributed by atoms with Crippen LogP contribution in [0.2, 0.25) is 0 Å². The fourth-order valence-electron chi connectivity index (χ4n) is 3.07. The van der Waals surface area contributed by atoms with Crippen molar-refractivity contribution in [2.45, 2.75) is 52.2 Å². The number of benzene rings is 1. The van der Waals surface area contributed by atoms with Crippen LogP contribution in [-0.4, -0.2) is 21.1 Å². The van der Waals surface area contributed by atoms with Gasteiger partial charge < -0.3 is 9.30 Å². The molecule has 1 aliphatic rings. The van der Waals surface area contributed by atoms with Crippen molar-refractivity contribution in [1.29, 1.82) is 0 Å². The van der Waals surface area contributed by atoms with E-state index in [0.717, 1.165) is 36.5 Å². The van der Waals surface area contributed by atoms with E-state index in [2.05, 4.69) is 9.55 Å². The first-order valence-corrected chi connectivity index (χ1v) is 8.34. The second-order valence-corrected chi connectivity index (χ2v) is 7.40. The lowest BCUT2D eigenvalue weighted by atomic mass is 9.94. The third kappa shape index (κ3) is 4.02. The first-order valence-electron chi connectivity index (χ1n) is 8.34. The lowest BCUT2D eigenvalue weighted by Crippen LogP contribution is -2.27. The van der Waals surface area contributed by atoms with Gasteiger partial charge in [-0.2, -0.15) is 0 Å². The molecule has 0 amide bonds. The maximum absolute atomic E-state index is 13.4. The normalized spacial score (nSPS) is 17.4. The molecule has 2 heterocycles. The van der Waals surface area contributed by atoms with Gasteiger partial charge in [-0.1, -0.05) is 12.1 Å². The molecule has 1 unspecified atom stereocenters. The Morgan fingerprint density at radius 2 is 2.21 bits per heavy atom. The number of ether oxygens (including phenoxy) is 1. The molecule has 128 valence electrons. The fourth-order valence-corrected chi connectivity index (χ4v) is 3.07. The molecule has 24 heavy (non-hydrogen) atoms. The van der Waals surface area contributed by atoms with Crippen LogP contribution in [0.5, 0.6) is 0 Å². The Morgan fingerprint density at radius 3 is 2.92 bits per heavy atom. The summed E-state index contributed by atoms with van der Waals surface area (Å²) in [6.45, 7) is 6.46. The molecule has 5 heteroatoms. The van der Waals surface area contributed by atoms with Gasteiger partial charge in [-0.15, -0.1) is 0 Å². The molecule has 0 aliphatic carbocycles. The van der Waals surface area contributed by atoms with Crippen molar-refractivity contribution in [3.05, 3.63) is 42.1 Å². The minimum absolute atomic E-state index is 0.155. The van der Waals surface area contributed by atoms with Crippen LogP contribution in [0.15, 0.2) is 30.5 Å². The summed E-state index contributed by atoms with van der Waals surface area (Å²) in [4.78, 5) is 16.7. The van der Waals surface area contributed by atoms with Crippen molar-refractivity contribution in [1.82, 2.24) is 9.55 Å². The zero-order chi connectivity index (χ0) is 17.3. The van der Waals surface area contributed by atoms with E-state index in [1.165, 1.54) is 12.1 Å². The van der Waals surface area contributed by atoms with Gasteiger partial charge in [0.25, 0.3) is 0 Å². The van der Waals surface area contributed by atoms with E-state index in [0.29, 0.717) is 6.42 Å². The lowest BCUT2D eigenvalue weighted by Gasteiger charge is -2.25. The number of rotatable bonds is 3. The number of esters is 1. The van der Waals surface area contributed by atoms with E-state index in [1.54, 1.807) is 6.07 Å². The number of carbonyl (C=O) groups excluding carboxylic acids is 1. The largest absolute Gasteiger partial charge is 0.460 e. The topological polar surface area (TPSA) is 44.1 Å². The predicted octanol–water partition coefficient (Wildman–Crippen LogP) is 3.98. The van der Waals surface area contributed by atoms with Gasteiger partial charge in [-0.05, 0) is 45.2 Å². The highest BCUT2D eigenvalue weighted by atomic mass is 19.1. The average molecular weight is 330 g/mol. The smallest absolute Gasteiger partial charge is 0.306 e. The van der Waals surface area contributed by atoms with E-state index < -0.39 is 5.60 Å². The summed E-state index contributed by atoms with van der Waals surface area (Å²) in [5.41, 5.74) is 1.11. The second-order valence-electron chi connectivity index (χ2n) is 7.40. The van der Waals surface area contributed by atoms with Crippen molar-refractivity contribution in [3.63, 3.8) is 0 Å². The summed E-state index contributed by atoms with van der Waals surface area (Å²) in [5, 5.41) is 0. The summed E-state index contributed by atoms with van der Waals surface area (Å²) in [5.74, 6) is 0.781. The molecule has 1 aromatic heterocycles. The summed E-state index contributed by atoms with van der Waals surface area (Å²) >= 11 is 0. The standard InChI is InChI=1S/C19H23FN2O2/c1-19(2,3)24-18(23)10-13-7-8-22-12-16(21-17(22)9-13)14-5-4-6-15(20)11-14/h4-6,11-13H,7-10H2,1-3H3. The molecule has 0 N–H and O–H groups in total. The van der Waals surface area contributed by atoms with Crippen LogP contribution in [0.1, 0.15) is 39.4 Å². The fraction of sp³-hybridized carbons (Fsp3) is 0.474. The van der Waals surface area contributed by atoms with Gasteiger partial charge in [-0.3, -0.25) is 4.79 Å². The number of aromatic nitrogens is 2. The summed E-state index contributed by atoms with van der Waals surface area (Å²) in [7, 11) is 0. The molecule has 0 saturated heterocycles. The zero-order valence-electron chi connectivity index (χ0n) is 14.4. The second kappa shape index (κ2) is 6.38. The van der Waals surface area contributed by atoms with Gasteiger partial charge in [0.1, 0.15) is 17.2 Å². The zero-order valence-corrected chi connectivity index (χ0v) is 14.4. The minimum Gasteiger partial charge on any atom is -0.460 e. The third-order valence-corrected chi connectivity index (χ3v) is 4.10. The molecular formula is C19H23FN2O2. The summed E-state index contributed by atoms with van der Waals surface area (Å²) < 4.78 is 20.9. The molecule has 0 radical (unpaired) electrons. The molecule has 3 rings (SSSR count). The van der Waals surface area contributed by atoms with E-state index >= 15 is 0 Å². The van der Waals surface area contributed by atoms with Crippen molar-refractivity contribution >= 4 is 5.97 Å². The van der Waals surface area contributed by atoms with Crippen LogP contribution < -0.4 is 0 Å². The van der Waals surface area contributed by atoms with Crippen molar-refractivity contribution in [3.8, 4) is 11.3 Å². The van der Waals surface area contributed by atoms with Gasteiger partial charge in [-0.25, -0.2) is 9.37 Å². The Balaban J connectivity index is 1.69. The first kappa shape index (κ1) is 16.7. The van der Waals surface area contributed by atoms with Crippen LogP contribution in [0.4, 0.5) is 4.39 Å². The van der Waals surface area contributed by atoms with Crippen molar-refractivity contribution in [2.24, 2.45) is 5.92 Å². The number of hydrogen-bond acceptors (Lipinski definition) is 3. The molecule has 0 fully saturated rings. The van der Waals surface area contributed by atoms with Crippen LogP contribution >= 0.6 is 0 Å². The maximum atomic E-state index is 13.4. The molecule has 1 aliphatic heterocycles. The highest BCUT2D eigenvalue weighted by Gasteiger charge is 2.25. The first-order chi connectivity index (χ1) is 11.3. The highest BCUT2D eigenvalue weighted by molar-refractivity contribution is 5.70. The number of nitrogens with zero attached hydrogens (tertiary/aromatic N) is 2. The molecule has 1 atom stereocenters. The van der Waals surface area contributed by atoms with Gasteiger partial charge in [0.15, 0.2) is 0 Å². The molecule has 4 nitrogen and oxygen atoms in total. The highest BCUT2D eigenvalue weighted by Crippen LogP contribution is 2.27. The number of hydrogen-bond donors (Lipinski definition) is 0. The van der Waals surface area contributed by atoms with Gasteiger partial charge in [0.2, 0.25) is 0 Å². The Bertz CT molecular complexity index is 746. The third-order valence-electron chi connectivity index (χ3n) is 4.10. The Morgan fingerprint density at radius 1 is 1.42 bits per heavy atom. The van der Waals surface area contributed by atoms with Gasteiger partial charge >= 0.3 is 5.97 Å². The summed E-state index contributed by atoms with van der Waals surface area (Å²) in [6.07, 6.45) is 4.05. The predicted molar refractivity (Wildman–Crippen MR) is 89.9 cm³/mol. The lowest BCUT2D eigenvalue weighted by molar-refractivity contribution is -0.156. The van der Waals surface area contributed by atoms with Crippen LogP contribution in [-0.2, 0) is 22.5 Å². The Kier molecular flexibility index (Phi) is 4.43. The summed E-state index contributed by atoms with van der Waals surface area (Å²) in [6, 6.07) is 6.47. The molecule has 2 aromatic rings. The van der Waals surface area contributed by atoms with E-state index in [-0.39, 0.29) is 17.7 Å². The van der Waals surface area contributed by atoms with Crippen molar-refractivity contribution in [2.75, 3.05) is 0 Å². The number of carbonyl (C=O) groups is 1. The Labute approximate surface area is 141 Å². The average Bonchev–Trinajstić information content (AvgIpc) is 2.88. The van der Waals surface area contributed by atoms with Crippen LogP contribution in [0.3, 0.4) is 0 Å². The molecular weight excluding hydrogens is 307 g/mol. The molecule has 0 saturated carbocycles. The Hall–Kier alpha value is -2.17. The van der Waals surface area contributed by atoms with Gasteiger partial charge in [0, 0.05) is 31.1 Å². The van der Waals surface area contributed by atoms with Crippen LogP contribution in [0.25, 0.3) is 11.3 Å². The van der Waals surface area contributed by atoms with E-state index in [4.69, 9.17) is 4.74 Å². The number of imidazole rings is 1. The minimum atomic E-state index is -0.450. The molecule has 0 bridgehead atoms. The van der Waals surface area contributed by atoms with E-state index in [1.807, 2.05) is 33.0 Å². The van der Waals surface area contributed by atoms with Crippen molar-refractivity contribution < 1.29 is 13.9 Å². The van der Waals surface area contributed by atoms with E-state index in [9.17, 15) is 9.18 Å². The molecule has 0 spiro atoms. The monoisotopic (exact) mass is 330 g/mol. The SMILES string of the molecule is CC(C)(C)OC(=O)CC1CCn2cc(-c3cccc(F)c3)nc2C1.